The highest BCUT2D eigenvalue weighted by Crippen LogP contribution is 2.35. The molecule has 3 rings (SSSR count). The van der Waals surface area contributed by atoms with Crippen molar-refractivity contribution in [2.75, 3.05) is 5.32 Å². The molecular weight excluding hydrogens is 280 g/mol. The van der Waals surface area contributed by atoms with Gasteiger partial charge in [0.05, 0.1) is 17.2 Å². The van der Waals surface area contributed by atoms with Gasteiger partial charge in [-0.3, -0.25) is 10.1 Å². The van der Waals surface area contributed by atoms with Crippen LogP contribution in [0.1, 0.15) is 30.2 Å². The average Bonchev–Trinajstić information content (AvgIpc) is 2.87. The molecule has 0 aliphatic heterocycles. The number of hydrogen-bond donors (Lipinski definition) is 1. The van der Waals surface area contributed by atoms with Crippen molar-refractivity contribution in [3.8, 4) is 0 Å². The van der Waals surface area contributed by atoms with Crippen molar-refractivity contribution in [3.05, 3.63) is 57.0 Å². The van der Waals surface area contributed by atoms with Crippen molar-refractivity contribution in [2.45, 2.75) is 25.3 Å². The quantitative estimate of drug-likeness (QED) is 0.675. The fraction of sp³-hybridized carbons (Fsp3) is 0.286. The third kappa shape index (κ3) is 2.36. The van der Waals surface area contributed by atoms with E-state index >= 15 is 0 Å². The zero-order valence-electron chi connectivity index (χ0n) is 10.6. The molecule has 1 heterocycles. The summed E-state index contributed by atoms with van der Waals surface area (Å²) in [5, 5.41) is 14.2. The molecule has 0 amide bonds. The smallest absolute Gasteiger partial charge is 0.288 e. The van der Waals surface area contributed by atoms with Crippen LogP contribution in [0.4, 0.5) is 11.4 Å². The van der Waals surface area contributed by atoms with Crippen LogP contribution in [0.3, 0.4) is 0 Å². The first kappa shape index (κ1) is 13.0. The number of anilines is 1. The number of nitro groups is 1. The van der Waals surface area contributed by atoms with Crippen LogP contribution in [0.2, 0.25) is 5.02 Å². The molecule has 1 aromatic carbocycles. The second kappa shape index (κ2) is 5.17. The molecule has 2 aromatic rings. The summed E-state index contributed by atoms with van der Waals surface area (Å²) in [6.45, 7) is 0. The molecule has 1 aromatic heterocycles. The summed E-state index contributed by atoms with van der Waals surface area (Å²) in [5.41, 5.74) is 1.86. The predicted octanol–water partition coefficient (Wildman–Crippen LogP) is 4.33. The zero-order chi connectivity index (χ0) is 14.1. The van der Waals surface area contributed by atoms with Crippen molar-refractivity contribution in [2.24, 2.45) is 0 Å². The maximum Gasteiger partial charge on any atom is 0.288 e. The van der Waals surface area contributed by atoms with E-state index in [1.54, 1.807) is 18.4 Å². The Kier molecular flexibility index (Phi) is 3.36. The molecule has 1 unspecified atom stereocenters. The monoisotopic (exact) mass is 292 g/mol. The third-order valence-electron chi connectivity index (χ3n) is 3.54. The lowest BCUT2D eigenvalue weighted by Crippen LogP contribution is -2.15. The molecule has 0 spiro atoms. The second-order valence-corrected chi connectivity index (χ2v) is 5.22. The second-order valence-electron chi connectivity index (χ2n) is 4.81. The third-order valence-corrected chi connectivity index (χ3v) is 3.84. The molecule has 1 aliphatic carbocycles. The minimum atomic E-state index is -0.485. The van der Waals surface area contributed by atoms with E-state index in [0.717, 1.165) is 36.3 Å². The van der Waals surface area contributed by atoms with Gasteiger partial charge in [0.2, 0.25) is 0 Å². The van der Waals surface area contributed by atoms with Gasteiger partial charge in [0, 0.05) is 23.7 Å². The molecule has 0 bridgehead atoms. The first-order valence-corrected chi connectivity index (χ1v) is 6.79. The van der Waals surface area contributed by atoms with Gasteiger partial charge in [0.25, 0.3) is 5.69 Å². The highest BCUT2D eigenvalue weighted by Gasteiger charge is 2.23. The van der Waals surface area contributed by atoms with Crippen molar-refractivity contribution >= 4 is 23.0 Å². The van der Waals surface area contributed by atoms with Crippen molar-refractivity contribution in [1.82, 2.24) is 0 Å². The van der Waals surface area contributed by atoms with E-state index in [1.165, 1.54) is 6.07 Å². The van der Waals surface area contributed by atoms with Gasteiger partial charge in [-0.25, -0.2) is 0 Å². The Morgan fingerprint density at radius 3 is 3.00 bits per heavy atom. The maximum atomic E-state index is 10.7. The summed E-state index contributed by atoms with van der Waals surface area (Å²) in [7, 11) is 0. The Balaban J connectivity index is 1.83. The van der Waals surface area contributed by atoms with Crippen LogP contribution in [0, 0.1) is 10.1 Å². The number of aryl methyl sites for hydroxylation is 1. The van der Waals surface area contributed by atoms with Gasteiger partial charge in [0.1, 0.15) is 10.8 Å². The minimum Gasteiger partial charge on any atom is -0.469 e. The molecule has 1 aliphatic rings. The minimum absolute atomic E-state index is 0.0788. The lowest BCUT2D eigenvalue weighted by atomic mass is 9.93. The predicted molar refractivity (Wildman–Crippen MR) is 76.1 cm³/mol. The summed E-state index contributed by atoms with van der Waals surface area (Å²) in [4.78, 5) is 10.3. The average molecular weight is 293 g/mol. The van der Waals surface area contributed by atoms with Crippen molar-refractivity contribution < 1.29 is 9.34 Å². The van der Waals surface area contributed by atoms with Crippen LogP contribution in [-0.4, -0.2) is 4.92 Å². The van der Waals surface area contributed by atoms with E-state index in [0.29, 0.717) is 0 Å². The fourth-order valence-electron chi connectivity index (χ4n) is 2.58. The molecule has 1 atom stereocenters. The summed E-state index contributed by atoms with van der Waals surface area (Å²) < 4.78 is 5.44. The van der Waals surface area contributed by atoms with Crippen LogP contribution in [-0.2, 0) is 6.42 Å². The summed E-state index contributed by atoms with van der Waals surface area (Å²) in [6, 6.07) is 6.82. The number of rotatable bonds is 3. The van der Waals surface area contributed by atoms with Crippen molar-refractivity contribution in [3.63, 3.8) is 0 Å². The van der Waals surface area contributed by atoms with Crippen LogP contribution in [0.5, 0.6) is 0 Å². The van der Waals surface area contributed by atoms with E-state index in [-0.39, 0.29) is 16.8 Å². The number of fused-ring (bicyclic) bond motifs is 1. The van der Waals surface area contributed by atoms with Crippen LogP contribution >= 0.6 is 11.6 Å². The van der Waals surface area contributed by atoms with Crippen LogP contribution in [0.15, 0.2) is 34.9 Å². The molecule has 6 heteroatoms. The topological polar surface area (TPSA) is 68.3 Å². The van der Waals surface area contributed by atoms with Gasteiger partial charge >= 0.3 is 0 Å². The van der Waals surface area contributed by atoms with Gasteiger partial charge in [-0.05, 0) is 31.0 Å². The largest absolute Gasteiger partial charge is 0.469 e. The Morgan fingerprint density at radius 2 is 2.25 bits per heavy atom. The Labute approximate surface area is 120 Å². The first-order chi connectivity index (χ1) is 9.65. The molecule has 20 heavy (non-hydrogen) atoms. The van der Waals surface area contributed by atoms with E-state index < -0.39 is 4.92 Å². The molecule has 104 valence electrons. The van der Waals surface area contributed by atoms with Gasteiger partial charge in [-0.15, -0.1) is 0 Å². The number of nitrogens with one attached hydrogen (secondary N) is 1. The van der Waals surface area contributed by atoms with E-state index in [9.17, 15) is 10.1 Å². The standard InChI is InChI=1S/C14H13ClN2O3/c15-11-8-9(4-5-13(11)17(18)19)16-12-2-1-3-14-10(12)6-7-20-14/h4-8,12,16H,1-3H2. The van der Waals surface area contributed by atoms with Crippen LogP contribution < -0.4 is 5.32 Å². The molecule has 5 nitrogen and oxygen atoms in total. The summed E-state index contributed by atoms with van der Waals surface area (Å²) >= 11 is 5.92. The van der Waals surface area contributed by atoms with Gasteiger partial charge in [-0.1, -0.05) is 11.6 Å². The first-order valence-electron chi connectivity index (χ1n) is 6.42. The lowest BCUT2D eigenvalue weighted by Gasteiger charge is -2.23. The van der Waals surface area contributed by atoms with Gasteiger partial charge in [0.15, 0.2) is 0 Å². The molecule has 1 N–H and O–H groups in total. The number of nitro benzene ring substituents is 1. The van der Waals surface area contributed by atoms with E-state index in [4.69, 9.17) is 16.0 Å². The Morgan fingerprint density at radius 1 is 1.40 bits per heavy atom. The Bertz CT molecular complexity index is 654. The zero-order valence-corrected chi connectivity index (χ0v) is 11.4. The lowest BCUT2D eigenvalue weighted by molar-refractivity contribution is -0.384. The molecule has 0 radical (unpaired) electrons. The number of furan rings is 1. The number of nitrogens with zero attached hydrogens (tertiary/aromatic N) is 1. The number of halogens is 1. The number of hydrogen-bond acceptors (Lipinski definition) is 4. The normalized spacial score (nSPS) is 17.6. The van der Waals surface area contributed by atoms with E-state index in [2.05, 4.69) is 5.32 Å². The van der Waals surface area contributed by atoms with E-state index in [1.807, 2.05) is 6.07 Å². The Hall–Kier alpha value is -2.01. The highest BCUT2D eigenvalue weighted by molar-refractivity contribution is 6.32. The maximum absolute atomic E-state index is 10.7. The molecule has 0 fully saturated rings. The summed E-state index contributed by atoms with van der Waals surface area (Å²) in [5.74, 6) is 1.02. The summed E-state index contributed by atoms with van der Waals surface area (Å²) in [6.07, 6.45) is 4.72. The SMILES string of the molecule is O=[N+]([O-])c1ccc(NC2CCCc3occc32)cc1Cl. The fourth-order valence-corrected chi connectivity index (χ4v) is 2.83. The van der Waals surface area contributed by atoms with Crippen LogP contribution in [0.25, 0.3) is 0 Å². The van der Waals surface area contributed by atoms with Crippen molar-refractivity contribution in [1.29, 1.82) is 0 Å². The number of benzene rings is 1. The molecule has 0 saturated carbocycles. The molecule has 0 saturated heterocycles. The highest BCUT2D eigenvalue weighted by atomic mass is 35.5. The van der Waals surface area contributed by atoms with Gasteiger partial charge in [-0.2, -0.15) is 0 Å². The molecular formula is C14H13ClN2O3. The van der Waals surface area contributed by atoms with Gasteiger partial charge < -0.3 is 9.73 Å².